The van der Waals surface area contributed by atoms with E-state index < -0.39 is 8.32 Å². The maximum absolute atomic E-state index is 6.61. The molecule has 1 heterocycles. The molecule has 0 N–H and O–H groups in total. The van der Waals surface area contributed by atoms with E-state index in [9.17, 15) is 0 Å². The van der Waals surface area contributed by atoms with Crippen molar-refractivity contribution in [1.82, 2.24) is 0 Å². The maximum atomic E-state index is 6.61. The van der Waals surface area contributed by atoms with Crippen LogP contribution in [0.15, 0.2) is 0 Å². The summed E-state index contributed by atoms with van der Waals surface area (Å²) in [4.78, 5) is 0. The largest absolute Gasteiger partial charge is 0.416 e. The average Bonchev–Trinajstić information content (AvgIpc) is 3.08. The summed E-state index contributed by atoms with van der Waals surface area (Å²) in [5.41, 5.74) is 0. The highest BCUT2D eigenvalue weighted by Gasteiger charge is 2.58. The zero-order chi connectivity index (χ0) is 17.6. The van der Waals surface area contributed by atoms with E-state index in [1.807, 2.05) is 7.11 Å². The van der Waals surface area contributed by atoms with Crippen LogP contribution in [0.4, 0.5) is 0 Å². The summed E-state index contributed by atoms with van der Waals surface area (Å²) in [7, 11) is 0.0908. The van der Waals surface area contributed by atoms with Gasteiger partial charge in [0, 0.05) is 26.1 Å². The SMILES string of the molecule is CO[C@@H]1CC[C@@H]2[C@H](C1)CC1(OCCO1)[C@H]2CO[Si](C)(C)C(C)(C)C. The molecule has 1 aliphatic heterocycles. The molecule has 0 unspecified atom stereocenters. The second-order valence-corrected chi connectivity index (χ2v) is 14.3. The zero-order valence-electron chi connectivity index (χ0n) is 16.4. The topological polar surface area (TPSA) is 36.9 Å². The van der Waals surface area contributed by atoms with Gasteiger partial charge in [-0.15, -0.1) is 0 Å². The van der Waals surface area contributed by atoms with Crippen molar-refractivity contribution >= 4 is 8.32 Å². The minimum Gasteiger partial charge on any atom is -0.416 e. The molecule has 0 aromatic rings. The fourth-order valence-electron chi connectivity index (χ4n) is 4.63. The van der Waals surface area contributed by atoms with E-state index in [1.54, 1.807) is 0 Å². The molecular weight excluding hydrogens is 320 g/mol. The van der Waals surface area contributed by atoms with E-state index in [4.69, 9.17) is 18.6 Å². The molecule has 0 radical (unpaired) electrons. The summed E-state index contributed by atoms with van der Waals surface area (Å²) in [6.45, 7) is 13.8. The Bertz CT molecular complexity index is 439. The Morgan fingerprint density at radius 3 is 2.38 bits per heavy atom. The molecule has 0 aromatic carbocycles. The van der Waals surface area contributed by atoms with Gasteiger partial charge in [-0.25, -0.2) is 0 Å². The standard InChI is InChI=1S/C19H36O4Si/c1-18(2,3)24(5,6)23-13-17-16-8-7-15(20-4)11-14(16)12-19(17)21-9-10-22-19/h14-17H,7-13H2,1-6H3/t14-,15-,16-,17+/m1/s1. The van der Waals surface area contributed by atoms with E-state index in [0.29, 0.717) is 23.9 Å². The zero-order valence-corrected chi connectivity index (χ0v) is 17.4. The van der Waals surface area contributed by atoms with Crippen LogP contribution in [0.3, 0.4) is 0 Å². The van der Waals surface area contributed by atoms with Gasteiger partial charge in [0.2, 0.25) is 0 Å². The van der Waals surface area contributed by atoms with Crippen LogP contribution in [0, 0.1) is 17.8 Å². The van der Waals surface area contributed by atoms with Gasteiger partial charge in [0.05, 0.1) is 19.3 Å². The quantitative estimate of drug-likeness (QED) is 0.707. The van der Waals surface area contributed by atoms with Crippen molar-refractivity contribution in [1.29, 1.82) is 0 Å². The molecule has 0 bridgehead atoms. The Morgan fingerprint density at radius 2 is 1.79 bits per heavy atom. The lowest BCUT2D eigenvalue weighted by Gasteiger charge is -2.40. The van der Waals surface area contributed by atoms with Crippen molar-refractivity contribution in [3.63, 3.8) is 0 Å². The van der Waals surface area contributed by atoms with Gasteiger partial charge in [-0.05, 0) is 49.2 Å². The van der Waals surface area contributed by atoms with Crippen LogP contribution in [0.25, 0.3) is 0 Å². The number of fused-ring (bicyclic) bond motifs is 1. The van der Waals surface area contributed by atoms with Gasteiger partial charge in [0.1, 0.15) is 0 Å². The van der Waals surface area contributed by atoms with Crippen molar-refractivity contribution < 1.29 is 18.6 Å². The van der Waals surface area contributed by atoms with Crippen molar-refractivity contribution in [2.24, 2.45) is 17.8 Å². The van der Waals surface area contributed by atoms with Crippen molar-refractivity contribution in [3.05, 3.63) is 0 Å². The van der Waals surface area contributed by atoms with Gasteiger partial charge >= 0.3 is 0 Å². The molecule has 5 heteroatoms. The Balaban J connectivity index is 1.74. The summed E-state index contributed by atoms with van der Waals surface area (Å²) < 4.78 is 24.6. The van der Waals surface area contributed by atoms with Crippen molar-refractivity contribution in [3.8, 4) is 0 Å². The van der Waals surface area contributed by atoms with Crippen molar-refractivity contribution in [2.75, 3.05) is 26.9 Å². The normalized spacial score (nSPS) is 36.2. The summed E-state index contributed by atoms with van der Waals surface area (Å²) in [6.07, 6.45) is 4.94. The Hall–Kier alpha value is 0.0569. The average molecular weight is 357 g/mol. The van der Waals surface area contributed by atoms with Gasteiger partial charge in [0.15, 0.2) is 14.1 Å². The second kappa shape index (κ2) is 6.65. The van der Waals surface area contributed by atoms with Gasteiger partial charge in [-0.3, -0.25) is 0 Å². The van der Waals surface area contributed by atoms with E-state index in [2.05, 4.69) is 33.9 Å². The highest BCUT2D eigenvalue weighted by molar-refractivity contribution is 6.74. The first kappa shape index (κ1) is 18.8. The maximum Gasteiger partial charge on any atom is 0.191 e. The minimum atomic E-state index is -1.75. The molecule has 0 amide bonds. The molecule has 140 valence electrons. The monoisotopic (exact) mass is 356 g/mol. The number of ether oxygens (including phenoxy) is 3. The lowest BCUT2D eigenvalue weighted by molar-refractivity contribution is -0.193. The molecule has 24 heavy (non-hydrogen) atoms. The number of rotatable bonds is 4. The highest BCUT2D eigenvalue weighted by atomic mass is 28.4. The summed E-state index contributed by atoms with van der Waals surface area (Å²) >= 11 is 0. The van der Waals surface area contributed by atoms with E-state index in [-0.39, 0.29) is 10.8 Å². The first-order valence-corrected chi connectivity index (χ1v) is 12.5. The molecule has 0 aromatic heterocycles. The fourth-order valence-corrected chi connectivity index (χ4v) is 5.66. The molecule has 1 spiro atoms. The predicted molar refractivity (Wildman–Crippen MR) is 97.5 cm³/mol. The molecule has 4 atom stereocenters. The van der Waals surface area contributed by atoms with Crippen LogP contribution < -0.4 is 0 Å². The predicted octanol–water partition coefficient (Wildman–Crippen LogP) is 4.20. The minimum absolute atomic E-state index is 0.239. The van der Waals surface area contributed by atoms with E-state index >= 15 is 0 Å². The van der Waals surface area contributed by atoms with Gasteiger partial charge < -0.3 is 18.6 Å². The first-order valence-electron chi connectivity index (χ1n) is 9.63. The summed E-state index contributed by atoms with van der Waals surface area (Å²) in [5.74, 6) is 1.28. The van der Waals surface area contributed by atoms with Crippen LogP contribution in [0.1, 0.15) is 46.5 Å². The first-order chi connectivity index (χ1) is 11.2. The number of methoxy groups -OCH3 is 1. The lowest BCUT2D eigenvalue weighted by Crippen LogP contribution is -2.46. The van der Waals surface area contributed by atoms with E-state index in [1.165, 1.54) is 6.42 Å². The van der Waals surface area contributed by atoms with E-state index in [0.717, 1.165) is 39.1 Å². The summed E-state index contributed by atoms with van der Waals surface area (Å²) in [6, 6.07) is 0. The van der Waals surface area contributed by atoms with Gasteiger partial charge in [-0.1, -0.05) is 20.8 Å². The molecule has 4 nitrogen and oxygen atoms in total. The van der Waals surface area contributed by atoms with Crippen molar-refractivity contribution in [2.45, 2.75) is 76.5 Å². The Labute approximate surface area is 148 Å². The molecule has 3 fully saturated rings. The molecule has 1 saturated heterocycles. The van der Waals surface area contributed by atoms with Crippen LogP contribution >= 0.6 is 0 Å². The fraction of sp³-hybridized carbons (Fsp3) is 1.00. The third-order valence-electron chi connectivity index (χ3n) is 7.16. The number of hydrogen-bond acceptors (Lipinski definition) is 4. The molecular formula is C19H36O4Si. The Kier molecular flexibility index (Phi) is 5.22. The van der Waals surface area contributed by atoms with Gasteiger partial charge in [-0.2, -0.15) is 0 Å². The second-order valence-electron chi connectivity index (χ2n) is 9.49. The lowest BCUT2D eigenvalue weighted by atomic mass is 9.77. The molecule has 2 aliphatic carbocycles. The number of hydrogen-bond donors (Lipinski definition) is 0. The molecule has 3 aliphatic rings. The van der Waals surface area contributed by atoms with Crippen LogP contribution in [0.2, 0.25) is 18.1 Å². The smallest absolute Gasteiger partial charge is 0.191 e. The third-order valence-corrected chi connectivity index (χ3v) is 11.7. The Morgan fingerprint density at radius 1 is 1.12 bits per heavy atom. The van der Waals surface area contributed by atoms with Crippen LogP contribution in [-0.2, 0) is 18.6 Å². The van der Waals surface area contributed by atoms with Crippen LogP contribution in [-0.4, -0.2) is 47.1 Å². The van der Waals surface area contributed by atoms with Crippen LogP contribution in [0.5, 0.6) is 0 Å². The highest BCUT2D eigenvalue weighted by Crippen LogP contribution is 2.55. The molecule has 3 rings (SSSR count). The molecule has 2 saturated carbocycles. The van der Waals surface area contributed by atoms with Gasteiger partial charge in [0.25, 0.3) is 0 Å². The summed E-state index contributed by atoms with van der Waals surface area (Å²) in [5, 5.41) is 0.239. The third kappa shape index (κ3) is 3.35.